The van der Waals surface area contributed by atoms with Crippen molar-refractivity contribution in [3.05, 3.63) is 60.0 Å². The lowest BCUT2D eigenvalue weighted by Crippen LogP contribution is -2.68. The predicted octanol–water partition coefficient (Wildman–Crippen LogP) is 9.69. The van der Waals surface area contributed by atoms with Gasteiger partial charge >= 0.3 is 5.97 Å². The number of nitrogens with one attached hydrogen (secondary N) is 1. The molecule has 326 valence electrons. The number of aliphatic carboxylic acids is 1. The number of ether oxygens (including phenoxy) is 1. The van der Waals surface area contributed by atoms with Gasteiger partial charge in [-0.15, -0.1) is 0 Å². The van der Waals surface area contributed by atoms with Gasteiger partial charge < -0.3 is 20.1 Å². The van der Waals surface area contributed by atoms with Crippen molar-refractivity contribution >= 4 is 15.8 Å². The van der Waals surface area contributed by atoms with Crippen LogP contribution in [0.25, 0.3) is 0 Å². The molecule has 1 aliphatic heterocycles. The van der Waals surface area contributed by atoms with E-state index in [0.29, 0.717) is 48.2 Å². The van der Waals surface area contributed by atoms with E-state index in [9.17, 15) is 18.3 Å². The number of nitrogens with zero attached hydrogens (tertiary/aromatic N) is 2. The number of carboxylic acids is 1. The Balaban J connectivity index is 0.993. The molecule has 1 aromatic heterocycles. The quantitative estimate of drug-likeness (QED) is 0.213. The van der Waals surface area contributed by atoms with Crippen LogP contribution in [0, 0.1) is 56.7 Å². The number of carbonyl (C=O) groups is 1. The third-order valence-corrected chi connectivity index (χ3v) is 20.9. The molecule has 9 heteroatoms. The maximum Gasteiger partial charge on any atom is 0.313 e. The van der Waals surface area contributed by atoms with Crippen molar-refractivity contribution < 1.29 is 23.1 Å². The second kappa shape index (κ2) is 15.4. The molecule has 0 spiro atoms. The summed E-state index contributed by atoms with van der Waals surface area (Å²) >= 11 is 0. The number of hydrogen-bond donors (Lipinski definition) is 2. The lowest BCUT2D eigenvalue weighted by Gasteiger charge is -2.72. The molecule has 0 aromatic carbocycles. The first-order valence-corrected chi connectivity index (χ1v) is 25.2. The van der Waals surface area contributed by atoms with E-state index in [0.717, 1.165) is 51.9 Å². The minimum atomic E-state index is -2.96. The predicted molar refractivity (Wildman–Crippen MR) is 237 cm³/mol. The largest absolute Gasteiger partial charge is 0.491 e. The zero-order valence-electron chi connectivity index (χ0n) is 37.5. The summed E-state index contributed by atoms with van der Waals surface area (Å²) in [5.74, 6) is 2.93. The Kier molecular flexibility index (Phi) is 11.3. The average Bonchev–Trinajstić information content (AvgIpc) is 3.58. The standard InChI is InChI=1S/C50H75N3O5S/c1-34(2)38-15-24-50(52-28-31-53-29-18-37(19-30-53)59(8,56)57)26-25-47(6)40(43(38)50)11-12-42-46(5)20-16-39(45(3,4)41(46)17-21-48(42,47)7)35-13-22-49(23-14-35,44(54)55)33-58-36-10-9-27-51-32-36/h9-10,13,16,27,32,37-38,40-43,52H,1,11-12,14-15,17-26,28-31,33H2,2-8H3,(H,54,55)/t38-,40+,41-,42+,43+,46-,47+,48+,49?,50-/m0/s1. The molecule has 1 aromatic rings. The van der Waals surface area contributed by atoms with Crippen molar-refractivity contribution in [3.8, 4) is 5.75 Å². The van der Waals surface area contributed by atoms with E-state index in [1.54, 1.807) is 12.4 Å². The highest BCUT2D eigenvalue weighted by molar-refractivity contribution is 7.91. The van der Waals surface area contributed by atoms with Crippen molar-refractivity contribution in [1.29, 1.82) is 0 Å². The van der Waals surface area contributed by atoms with Gasteiger partial charge in [0.1, 0.15) is 27.6 Å². The lowest BCUT2D eigenvalue weighted by atomic mass is 9.33. The van der Waals surface area contributed by atoms with Crippen LogP contribution >= 0.6 is 0 Å². The molecule has 1 unspecified atom stereocenters. The highest BCUT2D eigenvalue weighted by Gasteiger charge is 2.70. The fourth-order valence-corrected chi connectivity index (χ4v) is 16.9. The molecule has 59 heavy (non-hydrogen) atoms. The molecule has 10 atom stereocenters. The van der Waals surface area contributed by atoms with Crippen LogP contribution in [0.1, 0.15) is 131 Å². The fraction of sp³-hybridized carbons (Fsp3) is 0.760. The number of rotatable bonds is 11. The van der Waals surface area contributed by atoms with Gasteiger partial charge in [0, 0.05) is 31.1 Å². The van der Waals surface area contributed by atoms with Gasteiger partial charge in [0.05, 0.1) is 11.4 Å². The van der Waals surface area contributed by atoms with Crippen molar-refractivity contribution in [2.24, 2.45) is 56.7 Å². The van der Waals surface area contributed by atoms with Crippen LogP contribution in [0.2, 0.25) is 0 Å². The number of allylic oxidation sites excluding steroid dienone is 5. The smallest absolute Gasteiger partial charge is 0.313 e. The molecule has 8 rings (SSSR count). The first kappa shape index (κ1) is 43.2. The Hall–Kier alpha value is -2.49. The van der Waals surface area contributed by atoms with Gasteiger partial charge in [-0.2, -0.15) is 0 Å². The lowest BCUT2D eigenvalue weighted by molar-refractivity contribution is -0.221. The van der Waals surface area contributed by atoms with Crippen LogP contribution < -0.4 is 10.1 Å². The fourth-order valence-electron chi connectivity index (χ4n) is 15.8. The SMILES string of the molecule is C=C(C)[C@@H]1CC[C@]2(NCCN3CCC(S(C)(=O)=O)CC3)CC[C@]3(C)[C@H](CC[C@@H]4[C@@]5(C)CC=C(C6=CCC(COc7cccnc7)(C(=O)O)CC6)C(C)(C)[C@@H]5CC[C@]43C)[C@@H]12. The van der Waals surface area contributed by atoms with Gasteiger partial charge in [-0.3, -0.25) is 9.78 Å². The number of piperidine rings is 1. The van der Waals surface area contributed by atoms with E-state index >= 15 is 0 Å². The van der Waals surface area contributed by atoms with Crippen molar-refractivity contribution in [2.45, 2.75) is 142 Å². The average molecular weight is 830 g/mol. The van der Waals surface area contributed by atoms with Crippen LogP contribution in [0.3, 0.4) is 0 Å². The third kappa shape index (κ3) is 7.11. The molecule has 7 aliphatic rings. The van der Waals surface area contributed by atoms with Gasteiger partial charge in [0.2, 0.25) is 0 Å². The van der Waals surface area contributed by atoms with E-state index < -0.39 is 21.2 Å². The normalized spacial score (nSPS) is 41.0. The summed E-state index contributed by atoms with van der Waals surface area (Å²) in [6.45, 7) is 23.9. The second-order valence-electron chi connectivity index (χ2n) is 22.2. The molecule has 2 N–H and O–H groups in total. The van der Waals surface area contributed by atoms with Crippen LogP contribution in [-0.4, -0.2) is 79.2 Å². The van der Waals surface area contributed by atoms with Crippen LogP contribution in [0.15, 0.2) is 60.0 Å². The maximum absolute atomic E-state index is 12.7. The summed E-state index contributed by atoms with van der Waals surface area (Å²) in [5, 5.41) is 14.5. The van der Waals surface area contributed by atoms with Gasteiger partial charge in [-0.25, -0.2) is 8.42 Å². The Bertz CT molecular complexity index is 1950. The van der Waals surface area contributed by atoms with E-state index in [-0.39, 0.29) is 39.1 Å². The first-order chi connectivity index (χ1) is 27.8. The highest BCUT2D eigenvalue weighted by Crippen LogP contribution is 2.76. The molecule has 0 amide bonds. The summed E-state index contributed by atoms with van der Waals surface area (Å²) in [5.41, 5.74) is 4.19. The monoisotopic (exact) mass is 830 g/mol. The summed E-state index contributed by atoms with van der Waals surface area (Å²) in [6, 6.07) is 3.66. The molecule has 5 fully saturated rings. The summed E-state index contributed by atoms with van der Waals surface area (Å²) in [6.07, 6.45) is 24.2. The van der Waals surface area contributed by atoms with Gasteiger partial charge in [0.15, 0.2) is 0 Å². The number of hydrogen-bond acceptors (Lipinski definition) is 7. The molecule has 4 saturated carbocycles. The van der Waals surface area contributed by atoms with E-state index in [1.807, 2.05) is 12.1 Å². The molecule has 2 heterocycles. The number of carboxylic acid groups (broad SMARTS) is 1. The third-order valence-electron chi connectivity index (χ3n) is 19.3. The Labute approximate surface area is 356 Å². The molecular formula is C50H75N3O5S. The van der Waals surface area contributed by atoms with E-state index in [4.69, 9.17) is 4.74 Å². The Morgan fingerprint density at radius 2 is 1.71 bits per heavy atom. The van der Waals surface area contributed by atoms with Crippen molar-refractivity contribution in [2.75, 3.05) is 39.0 Å². The zero-order valence-corrected chi connectivity index (χ0v) is 38.3. The molecule has 6 aliphatic carbocycles. The van der Waals surface area contributed by atoms with Crippen LogP contribution in [0.4, 0.5) is 0 Å². The van der Waals surface area contributed by atoms with Crippen LogP contribution in [-0.2, 0) is 14.6 Å². The van der Waals surface area contributed by atoms with Gasteiger partial charge in [-0.1, -0.05) is 58.9 Å². The van der Waals surface area contributed by atoms with Gasteiger partial charge in [-0.05, 0) is 184 Å². The molecule has 0 bridgehead atoms. The van der Waals surface area contributed by atoms with E-state index in [1.165, 1.54) is 74.3 Å². The number of sulfone groups is 1. The van der Waals surface area contributed by atoms with Crippen molar-refractivity contribution in [1.82, 2.24) is 15.2 Å². The number of likely N-dealkylation sites (tertiary alicyclic amines) is 1. The minimum Gasteiger partial charge on any atom is -0.491 e. The zero-order chi connectivity index (χ0) is 42.2. The summed E-state index contributed by atoms with van der Waals surface area (Å²) in [4.78, 5) is 19.4. The van der Waals surface area contributed by atoms with Crippen molar-refractivity contribution in [3.63, 3.8) is 0 Å². The number of pyridine rings is 1. The second-order valence-corrected chi connectivity index (χ2v) is 24.5. The van der Waals surface area contributed by atoms with Crippen LogP contribution in [0.5, 0.6) is 5.75 Å². The Morgan fingerprint density at radius 3 is 2.36 bits per heavy atom. The maximum atomic E-state index is 12.7. The minimum absolute atomic E-state index is 0.00948. The number of aromatic nitrogens is 1. The van der Waals surface area contributed by atoms with E-state index in [2.05, 4.69) is 75.5 Å². The molecule has 8 nitrogen and oxygen atoms in total. The summed E-state index contributed by atoms with van der Waals surface area (Å²) < 4.78 is 30.4. The van der Waals surface area contributed by atoms with Gasteiger partial charge in [0.25, 0.3) is 0 Å². The molecule has 1 saturated heterocycles. The topological polar surface area (TPSA) is 109 Å². The number of fused-ring (bicyclic) bond motifs is 7. The molecule has 0 radical (unpaired) electrons. The first-order valence-electron chi connectivity index (χ1n) is 23.3. The Morgan fingerprint density at radius 1 is 0.949 bits per heavy atom. The molecular weight excluding hydrogens is 755 g/mol. The highest BCUT2D eigenvalue weighted by atomic mass is 32.2. The summed E-state index contributed by atoms with van der Waals surface area (Å²) in [7, 11) is -2.96.